The monoisotopic (exact) mass is 255 g/mol. The summed E-state index contributed by atoms with van der Waals surface area (Å²) in [5, 5.41) is 9.03. The molecule has 1 aromatic rings. The van der Waals surface area contributed by atoms with E-state index in [1.807, 2.05) is 0 Å². The summed E-state index contributed by atoms with van der Waals surface area (Å²) in [5.74, 6) is -1.02. The van der Waals surface area contributed by atoms with Gasteiger partial charge in [0.05, 0.1) is 11.1 Å². The Labute approximate surface area is 89.5 Å². The molecule has 0 atom stereocenters. The highest BCUT2D eigenvalue weighted by Gasteiger charge is 2.13. The maximum Gasteiger partial charge on any atom is 0.166 e. The van der Waals surface area contributed by atoms with Crippen LogP contribution in [0.15, 0.2) is 18.2 Å². The van der Waals surface area contributed by atoms with Gasteiger partial charge in [0.25, 0.3) is 0 Å². The second-order valence-corrected chi connectivity index (χ2v) is 3.43. The van der Waals surface area contributed by atoms with E-state index in [1.54, 1.807) is 6.07 Å². The number of hydrogen-bond donors (Lipinski definition) is 0. The van der Waals surface area contributed by atoms with E-state index in [0.717, 1.165) is 0 Å². The van der Waals surface area contributed by atoms with Crippen LogP contribution in [0.2, 0.25) is 0 Å². The quantitative estimate of drug-likeness (QED) is 0.616. The molecule has 1 aromatic carbocycles. The van der Waals surface area contributed by atoms with Gasteiger partial charge in [0, 0.05) is 11.8 Å². The summed E-state index contributed by atoms with van der Waals surface area (Å²) in [6, 6.07) is 5.93. The summed E-state index contributed by atoms with van der Waals surface area (Å²) in [4.78, 5) is 11.4. The first kappa shape index (κ1) is 10.9. The van der Waals surface area contributed by atoms with Gasteiger partial charge in [0.1, 0.15) is 6.07 Å². The number of nitriles is 1. The SMILES string of the molecule is N#Cc1cccc(C(=O)CCBr)c1F. The lowest BCUT2D eigenvalue weighted by atomic mass is 10.1. The molecule has 0 saturated heterocycles. The highest BCUT2D eigenvalue weighted by molar-refractivity contribution is 9.09. The van der Waals surface area contributed by atoms with Crippen LogP contribution in [0.4, 0.5) is 4.39 Å². The zero-order chi connectivity index (χ0) is 10.6. The largest absolute Gasteiger partial charge is 0.294 e. The van der Waals surface area contributed by atoms with Crippen molar-refractivity contribution in [3.05, 3.63) is 35.1 Å². The van der Waals surface area contributed by atoms with E-state index in [9.17, 15) is 9.18 Å². The van der Waals surface area contributed by atoms with Crippen LogP contribution in [-0.2, 0) is 0 Å². The highest BCUT2D eigenvalue weighted by atomic mass is 79.9. The number of ketones is 1. The van der Waals surface area contributed by atoms with E-state index >= 15 is 0 Å². The third-order valence-electron chi connectivity index (χ3n) is 1.74. The molecule has 0 bridgehead atoms. The third-order valence-corrected chi connectivity index (χ3v) is 2.14. The van der Waals surface area contributed by atoms with Gasteiger partial charge in [0.15, 0.2) is 11.6 Å². The van der Waals surface area contributed by atoms with Crippen molar-refractivity contribution in [2.75, 3.05) is 5.33 Å². The van der Waals surface area contributed by atoms with E-state index in [0.29, 0.717) is 5.33 Å². The molecule has 0 aliphatic rings. The Morgan fingerprint density at radius 1 is 1.57 bits per heavy atom. The Kier molecular flexibility index (Phi) is 3.78. The zero-order valence-electron chi connectivity index (χ0n) is 7.26. The molecule has 0 heterocycles. The minimum absolute atomic E-state index is 0.0106. The Morgan fingerprint density at radius 2 is 2.29 bits per heavy atom. The molecule has 1 rings (SSSR count). The van der Waals surface area contributed by atoms with E-state index in [4.69, 9.17) is 5.26 Å². The van der Waals surface area contributed by atoms with Gasteiger partial charge in [-0.1, -0.05) is 22.0 Å². The lowest BCUT2D eigenvalue weighted by Crippen LogP contribution is -2.04. The summed E-state index contributed by atoms with van der Waals surface area (Å²) in [7, 11) is 0. The van der Waals surface area contributed by atoms with Gasteiger partial charge < -0.3 is 0 Å². The molecule has 0 fully saturated rings. The van der Waals surface area contributed by atoms with Gasteiger partial charge in [-0.05, 0) is 12.1 Å². The first-order valence-corrected chi connectivity index (χ1v) is 5.10. The Hall–Kier alpha value is -1.21. The minimum Gasteiger partial charge on any atom is -0.294 e. The fourth-order valence-corrected chi connectivity index (χ4v) is 1.41. The number of benzene rings is 1. The van der Waals surface area contributed by atoms with Crippen molar-refractivity contribution in [3.8, 4) is 6.07 Å². The van der Waals surface area contributed by atoms with Gasteiger partial charge >= 0.3 is 0 Å². The Balaban J connectivity index is 3.11. The molecular weight excluding hydrogens is 249 g/mol. The number of nitrogens with zero attached hydrogens (tertiary/aromatic N) is 1. The average molecular weight is 256 g/mol. The number of carbonyl (C=O) groups excluding carboxylic acids is 1. The molecule has 14 heavy (non-hydrogen) atoms. The second-order valence-electron chi connectivity index (χ2n) is 2.64. The summed E-state index contributed by atoms with van der Waals surface area (Å²) < 4.78 is 13.4. The van der Waals surface area contributed by atoms with Crippen LogP contribution in [0.1, 0.15) is 22.3 Å². The van der Waals surface area contributed by atoms with Gasteiger partial charge in [-0.15, -0.1) is 0 Å². The lowest BCUT2D eigenvalue weighted by Gasteiger charge is -2.01. The number of Topliss-reactive ketones (excluding diaryl/α,β-unsaturated/α-hetero) is 1. The van der Waals surface area contributed by atoms with Crippen molar-refractivity contribution in [3.63, 3.8) is 0 Å². The third kappa shape index (κ3) is 2.18. The second kappa shape index (κ2) is 4.87. The van der Waals surface area contributed by atoms with Crippen molar-refractivity contribution in [2.45, 2.75) is 6.42 Å². The highest BCUT2D eigenvalue weighted by Crippen LogP contribution is 2.14. The van der Waals surface area contributed by atoms with E-state index < -0.39 is 5.82 Å². The predicted molar refractivity (Wildman–Crippen MR) is 53.9 cm³/mol. The molecule has 0 unspecified atom stereocenters. The van der Waals surface area contributed by atoms with Crippen LogP contribution in [-0.4, -0.2) is 11.1 Å². The Morgan fingerprint density at radius 3 is 2.86 bits per heavy atom. The number of rotatable bonds is 3. The first-order chi connectivity index (χ1) is 6.70. The van der Waals surface area contributed by atoms with E-state index in [-0.39, 0.29) is 23.3 Å². The topological polar surface area (TPSA) is 40.9 Å². The smallest absolute Gasteiger partial charge is 0.166 e. The molecule has 0 radical (unpaired) electrons. The number of hydrogen-bond acceptors (Lipinski definition) is 2. The molecule has 0 aliphatic carbocycles. The van der Waals surface area contributed by atoms with Crippen molar-refractivity contribution in [2.24, 2.45) is 0 Å². The summed E-state index contributed by atoms with van der Waals surface area (Å²) >= 11 is 3.10. The van der Waals surface area contributed by atoms with Crippen LogP contribution in [0.3, 0.4) is 0 Å². The zero-order valence-corrected chi connectivity index (χ0v) is 8.84. The van der Waals surface area contributed by atoms with Crippen LogP contribution >= 0.6 is 15.9 Å². The molecule has 0 N–H and O–H groups in total. The molecule has 0 amide bonds. The van der Waals surface area contributed by atoms with E-state index in [1.165, 1.54) is 18.2 Å². The van der Waals surface area contributed by atoms with Crippen molar-refractivity contribution in [1.82, 2.24) is 0 Å². The maximum atomic E-state index is 13.4. The molecular formula is C10H7BrFNO. The molecule has 0 spiro atoms. The number of alkyl halides is 1. The number of halogens is 2. The summed E-state index contributed by atoms with van der Waals surface area (Å²) in [6.45, 7) is 0. The first-order valence-electron chi connectivity index (χ1n) is 3.98. The molecule has 4 heteroatoms. The molecule has 0 aromatic heterocycles. The fraction of sp³-hybridized carbons (Fsp3) is 0.200. The van der Waals surface area contributed by atoms with Gasteiger partial charge in [-0.3, -0.25) is 4.79 Å². The van der Waals surface area contributed by atoms with Crippen molar-refractivity contribution >= 4 is 21.7 Å². The van der Waals surface area contributed by atoms with Gasteiger partial charge in [-0.2, -0.15) is 5.26 Å². The predicted octanol–water partition coefficient (Wildman–Crippen LogP) is 2.67. The molecule has 2 nitrogen and oxygen atoms in total. The van der Waals surface area contributed by atoms with Gasteiger partial charge in [-0.25, -0.2) is 4.39 Å². The maximum absolute atomic E-state index is 13.4. The molecule has 0 saturated carbocycles. The van der Waals surface area contributed by atoms with Gasteiger partial charge in [0.2, 0.25) is 0 Å². The average Bonchev–Trinajstić information content (AvgIpc) is 2.18. The molecule has 0 aliphatic heterocycles. The lowest BCUT2D eigenvalue weighted by molar-refractivity contribution is 0.0986. The van der Waals surface area contributed by atoms with Crippen molar-refractivity contribution < 1.29 is 9.18 Å². The fourth-order valence-electron chi connectivity index (χ4n) is 1.05. The van der Waals surface area contributed by atoms with Crippen LogP contribution in [0, 0.1) is 17.1 Å². The van der Waals surface area contributed by atoms with Crippen LogP contribution < -0.4 is 0 Å². The number of carbonyl (C=O) groups is 1. The summed E-state index contributed by atoms with van der Waals surface area (Å²) in [6.07, 6.45) is 0.228. The van der Waals surface area contributed by atoms with Crippen LogP contribution in [0.5, 0.6) is 0 Å². The standard InChI is InChI=1S/C10H7BrFNO/c11-5-4-9(14)8-3-1-2-7(6-13)10(8)12/h1-3H,4-5H2. The normalized spacial score (nSPS) is 9.50. The molecule has 72 valence electrons. The summed E-state index contributed by atoms with van der Waals surface area (Å²) in [5.41, 5.74) is -0.103. The Bertz CT molecular complexity index is 398. The van der Waals surface area contributed by atoms with E-state index in [2.05, 4.69) is 15.9 Å². The minimum atomic E-state index is -0.721. The van der Waals surface area contributed by atoms with Crippen LogP contribution in [0.25, 0.3) is 0 Å². The van der Waals surface area contributed by atoms with Crippen molar-refractivity contribution in [1.29, 1.82) is 5.26 Å².